The van der Waals surface area contributed by atoms with Gasteiger partial charge in [0.1, 0.15) is 23.5 Å². The maximum atomic E-state index is 12.3. The summed E-state index contributed by atoms with van der Waals surface area (Å²) in [5.74, 6) is 0.525. The number of methoxy groups -OCH3 is 1. The van der Waals surface area contributed by atoms with Gasteiger partial charge in [-0.2, -0.15) is 0 Å². The summed E-state index contributed by atoms with van der Waals surface area (Å²) >= 11 is 0. The molecule has 190 valence electrons. The van der Waals surface area contributed by atoms with Crippen molar-refractivity contribution in [1.29, 1.82) is 0 Å². The molecule has 4 rings (SSSR count). The Kier molecular flexibility index (Phi) is 7.48. The van der Waals surface area contributed by atoms with Gasteiger partial charge in [-0.25, -0.2) is 18.4 Å². The molecule has 11 nitrogen and oxygen atoms in total. The number of hydrogen-bond donors (Lipinski definition) is 3. The van der Waals surface area contributed by atoms with Crippen molar-refractivity contribution in [3.8, 4) is 17.0 Å². The van der Waals surface area contributed by atoms with Crippen molar-refractivity contribution in [2.24, 2.45) is 0 Å². The first kappa shape index (κ1) is 25.5. The van der Waals surface area contributed by atoms with E-state index in [0.717, 1.165) is 11.8 Å². The van der Waals surface area contributed by atoms with Crippen molar-refractivity contribution < 1.29 is 27.8 Å². The third-order valence-electron chi connectivity index (χ3n) is 5.41. The van der Waals surface area contributed by atoms with E-state index in [9.17, 15) is 18.3 Å². The van der Waals surface area contributed by atoms with E-state index in [2.05, 4.69) is 25.6 Å². The van der Waals surface area contributed by atoms with Crippen LogP contribution in [0.15, 0.2) is 47.8 Å². The molecule has 1 saturated carbocycles. The van der Waals surface area contributed by atoms with Crippen molar-refractivity contribution in [3.63, 3.8) is 0 Å². The summed E-state index contributed by atoms with van der Waals surface area (Å²) in [7, 11) is -2.05. The molecular weight excluding hydrogens is 486 g/mol. The summed E-state index contributed by atoms with van der Waals surface area (Å²) in [6.45, 7) is 1.79. The third kappa shape index (κ3) is 6.33. The van der Waals surface area contributed by atoms with Gasteiger partial charge in [0.05, 0.1) is 24.1 Å². The maximum Gasteiger partial charge on any atom is 0.222 e. The lowest BCUT2D eigenvalue weighted by Crippen LogP contribution is -2.37. The first-order chi connectivity index (χ1) is 17.1. The molecule has 1 aliphatic carbocycles. The molecule has 0 bridgehead atoms. The normalized spacial score (nSPS) is 17.2. The molecule has 12 heteroatoms. The number of aliphatic hydroxyl groups is 1. The minimum atomic E-state index is -3.65. The second kappa shape index (κ2) is 10.6. The zero-order valence-electron chi connectivity index (χ0n) is 20.1. The fourth-order valence-electron chi connectivity index (χ4n) is 3.62. The Morgan fingerprint density at radius 2 is 1.92 bits per heavy atom. The Balaban J connectivity index is 1.73. The number of anilines is 3. The molecule has 0 unspecified atom stereocenters. The minimum Gasteiger partial charge on any atom is -0.490 e. The van der Waals surface area contributed by atoms with Crippen LogP contribution < -0.4 is 15.4 Å². The molecule has 1 aliphatic rings. The van der Waals surface area contributed by atoms with E-state index in [4.69, 9.17) is 9.47 Å². The smallest absolute Gasteiger partial charge is 0.222 e. The number of nitrogens with zero attached hydrogens (tertiary/aromatic N) is 3. The number of nitrogens with one attached hydrogen (secondary N) is 2. The number of sulfone groups is 1. The first-order valence-electron chi connectivity index (χ1n) is 11.2. The Morgan fingerprint density at radius 1 is 1.14 bits per heavy atom. The lowest BCUT2D eigenvalue weighted by molar-refractivity contribution is -0.114. The monoisotopic (exact) mass is 513 g/mol. The zero-order chi connectivity index (χ0) is 25.9. The number of aliphatic hydroxyl groups excluding tert-OH is 1. The lowest BCUT2D eigenvalue weighted by Gasteiger charge is -2.31. The van der Waals surface area contributed by atoms with Crippen LogP contribution in [0.1, 0.15) is 25.3 Å². The molecule has 3 aromatic heterocycles. The van der Waals surface area contributed by atoms with Gasteiger partial charge in [-0.15, -0.1) is 0 Å². The van der Waals surface area contributed by atoms with Gasteiger partial charge in [-0.05, 0) is 11.6 Å². The number of carbonyl (C=O) groups excluding carboxylic acids is 1. The number of rotatable bonds is 9. The average Bonchev–Trinajstić information content (AvgIpc) is 2.78. The van der Waals surface area contributed by atoms with Crippen LogP contribution in [0.2, 0.25) is 0 Å². The largest absolute Gasteiger partial charge is 0.490 e. The quantitative estimate of drug-likeness (QED) is 0.389. The Labute approximate surface area is 208 Å². The molecule has 0 radical (unpaired) electrons. The van der Waals surface area contributed by atoms with Crippen LogP contribution in [0.4, 0.5) is 17.3 Å². The topological polar surface area (TPSA) is 153 Å². The third-order valence-corrected chi connectivity index (χ3v) is 6.38. The van der Waals surface area contributed by atoms with Crippen LogP contribution in [-0.2, 0) is 26.0 Å². The van der Waals surface area contributed by atoms with Crippen LogP contribution in [0.3, 0.4) is 0 Å². The van der Waals surface area contributed by atoms with Gasteiger partial charge >= 0.3 is 0 Å². The highest BCUT2D eigenvalue weighted by Gasteiger charge is 2.29. The number of amides is 1. The molecule has 0 spiro atoms. The number of pyridine rings is 3. The number of ether oxygens (including phenoxy) is 2. The lowest BCUT2D eigenvalue weighted by atomic mass is 9.92. The van der Waals surface area contributed by atoms with Gasteiger partial charge in [0.25, 0.3) is 0 Å². The van der Waals surface area contributed by atoms with E-state index >= 15 is 0 Å². The van der Waals surface area contributed by atoms with E-state index in [1.165, 1.54) is 13.0 Å². The van der Waals surface area contributed by atoms with Crippen LogP contribution in [0.5, 0.6) is 5.75 Å². The molecule has 1 fully saturated rings. The zero-order valence-corrected chi connectivity index (χ0v) is 20.9. The molecular formula is C24H27N5O6S. The summed E-state index contributed by atoms with van der Waals surface area (Å²) in [5, 5.41) is 15.2. The highest BCUT2D eigenvalue weighted by atomic mass is 32.2. The number of carbonyl (C=O) groups is 1. The molecule has 0 saturated heterocycles. The van der Waals surface area contributed by atoms with Crippen LogP contribution in [0.25, 0.3) is 11.3 Å². The van der Waals surface area contributed by atoms with Gasteiger partial charge in [0, 0.05) is 69.3 Å². The Bertz CT molecular complexity index is 1360. The van der Waals surface area contributed by atoms with Crippen molar-refractivity contribution in [3.05, 3.63) is 48.3 Å². The molecule has 0 atom stereocenters. The maximum absolute atomic E-state index is 12.3. The predicted molar refractivity (Wildman–Crippen MR) is 133 cm³/mol. The van der Waals surface area contributed by atoms with Gasteiger partial charge < -0.3 is 25.2 Å². The molecule has 3 aromatic rings. The first-order valence-corrected chi connectivity index (χ1v) is 13.1. The van der Waals surface area contributed by atoms with E-state index in [-0.39, 0.29) is 22.9 Å². The summed E-state index contributed by atoms with van der Waals surface area (Å²) < 4.78 is 35.6. The van der Waals surface area contributed by atoms with Gasteiger partial charge in [-0.1, -0.05) is 6.07 Å². The highest BCUT2D eigenvalue weighted by Crippen LogP contribution is 2.33. The van der Waals surface area contributed by atoms with E-state index in [0.29, 0.717) is 48.0 Å². The van der Waals surface area contributed by atoms with Crippen molar-refractivity contribution in [1.82, 2.24) is 15.0 Å². The summed E-state index contributed by atoms with van der Waals surface area (Å²) in [5.41, 5.74) is 2.58. The fraction of sp³-hybridized carbons (Fsp3) is 0.333. The van der Waals surface area contributed by atoms with Gasteiger partial charge in [0.2, 0.25) is 5.91 Å². The molecule has 1 amide bonds. The number of aromatic nitrogens is 3. The van der Waals surface area contributed by atoms with Crippen LogP contribution in [0, 0.1) is 0 Å². The number of hydrogen-bond acceptors (Lipinski definition) is 10. The standard InChI is InChI=1S/C24H27N5O6S/c1-14(30)27-22-10-21(19(12-26-22)20-5-4-15(11-25-20)13-34-2)28-23-8-18(35-17-6-16(31)7-17)9-24(29-23)36(3,32)33/h4-5,8-12,16-17,31H,6-7,13H2,1-3H3,(H2,26,27,28,29,30)/t16-,17-. The van der Waals surface area contributed by atoms with Crippen molar-refractivity contribution >= 4 is 33.1 Å². The second-order valence-electron chi connectivity index (χ2n) is 8.57. The average molecular weight is 514 g/mol. The highest BCUT2D eigenvalue weighted by molar-refractivity contribution is 7.90. The predicted octanol–water partition coefficient (Wildman–Crippen LogP) is 2.69. The van der Waals surface area contributed by atoms with Crippen LogP contribution >= 0.6 is 0 Å². The van der Waals surface area contributed by atoms with Crippen molar-refractivity contribution in [2.75, 3.05) is 24.0 Å². The van der Waals surface area contributed by atoms with E-state index in [1.54, 1.807) is 31.6 Å². The molecule has 0 aliphatic heterocycles. The summed E-state index contributed by atoms with van der Waals surface area (Å²) in [6, 6.07) is 8.23. The Morgan fingerprint density at radius 3 is 2.53 bits per heavy atom. The minimum absolute atomic E-state index is 0.165. The molecule has 0 aromatic carbocycles. The molecule has 3 N–H and O–H groups in total. The summed E-state index contributed by atoms with van der Waals surface area (Å²) in [4.78, 5) is 24.6. The SMILES string of the molecule is COCc1ccc(-c2cnc(NC(C)=O)cc2Nc2cc(O[C@H]3C[C@H](O)C3)cc(S(C)(=O)=O)n2)nc1. The van der Waals surface area contributed by atoms with E-state index < -0.39 is 15.9 Å². The second-order valence-corrected chi connectivity index (χ2v) is 10.5. The molecule has 36 heavy (non-hydrogen) atoms. The van der Waals surface area contributed by atoms with Gasteiger partial charge in [0.15, 0.2) is 14.9 Å². The van der Waals surface area contributed by atoms with E-state index in [1.807, 2.05) is 12.1 Å². The van der Waals surface area contributed by atoms with Crippen LogP contribution in [-0.4, -0.2) is 60.0 Å². The Hall–Kier alpha value is -3.61. The summed E-state index contributed by atoms with van der Waals surface area (Å²) in [6.07, 6.45) is 4.62. The van der Waals surface area contributed by atoms with Gasteiger partial charge in [-0.3, -0.25) is 9.78 Å². The molecule has 3 heterocycles. The van der Waals surface area contributed by atoms with Crippen molar-refractivity contribution in [2.45, 2.75) is 43.6 Å². The fourth-order valence-corrected chi connectivity index (χ4v) is 4.21.